The van der Waals surface area contributed by atoms with Crippen molar-refractivity contribution in [1.29, 1.82) is 0 Å². The Kier molecular flexibility index (Phi) is 4.20. The van der Waals surface area contributed by atoms with Crippen molar-refractivity contribution in [3.63, 3.8) is 0 Å². The lowest BCUT2D eigenvalue weighted by atomic mass is 10.0. The summed E-state index contributed by atoms with van der Waals surface area (Å²) in [5, 5.41) is 9.05. The number of ether oxygens (including phenoxy) is 1. The maximum atomic E-state index is 12.5. The molecule has 0 saturated carbocycles. The number of carbonyl (C=O) groups excluding carboxylic acids is 1. The quantitative estimate of drug-likeness (QED) is 0.932. The van der Waals surface area contributed by atoms with E-state index in [1.165, 1.54) is 25.1 Å². The van der Waals surface area contributed by atoms with Crippen molar-refractivity contribution in [2.24, 2.45) is 0 Å². The third-order valence-electron chi connectivity index (χ3n) is 4.27. The van der Waals surface area contributed by atoms with Crippen molar-refractivity contribution in [3.05, 3.63) is 47.8 Å². The maximum absolute atomic E-state index is 12.5. The number of amides is 1. The molecule has 0 saturated heterocycles. The second-order valence-electron chi connectivity index (χ2n) is 5.81. The second-order valence-corrected chi connectivity index (χ2v) is 5.81. The molecule has 1 unspecified atom stereocenters. The fraction of sp³-hybridized carbons (Fsp3) is 0.278. The van der Waals surface area contributed by atoms with Gasteiger partial charge in [0.1, 0.15) is 11.8 Å². The van der Waals surface area contributed by atoms with Gasteiger partial charge in [0.05, 0.1) is 12.2 Å². The van der Waals surface area contributed by atoms with Gasteiger partial charge < -0.3 is 14.7 Å². The van der Waals surface area contributed by atoms with E-state index >= 15 is 0 Å². The molecule has 1 atom stereocenters. The highest BCUT2D eigenvalue weighted by Crippen LogP contribution is 2.30. The zero-order valence-electron chi connectivity index (χ0n) is 13.5. The van der Waals surface area contributed by atoms with Gasteiger partial charge in [-0.3, -0.25) is 9.78 Å². The first-order valence-electron chi connectivity index (χ1n) is 7.68. The van der Waals surface area contributed by atoms with Gasteiger partial charge in [0.15, 0.2) is 0 Å². The highest BCUT2D eigenvalue weighted by Gasteiger charge is 2.23. The summed E-state index contributed by atoms with van der Waals surface area (Å²) in [5.41, 5.74) is 3.27. The summed E-state index contributed by atoms with van der Waals surface area (Å²) < 4.78 is 5.50. The molecule has 0 spiro atoms. The van der Waals surface area contributed by atoms with E-state index in [-0.39, 0.29) is 5.91 Å². The first-order chi connectivity index (χ1) is 11.5. The second kappa shape index (κ2) is 6.31. The van der Waals surface area contributed by atoms with Crippen LogP contribution in [-0.2, 0) is 11.2 Å². The van der Waals surface area contributed by atoms with Gasteiger partial charge in [-0.1, -0.05) is 6.07 Å². The molecular formula is C18H18N2O4. The van der Waals surface area contributed by atoms with Gasteiger partial charge in [0.25, 0.3) is 5.91 Å². The molecule has 124 valence electrons. The molecule has 1 amide bonds. The Balaban J connectivity index is 1.89. The Morgan fingerprint density at radius 3 is 2.79 bits per heavy atom. The number of nitrogens with zero attached hydrogens (tertiary/aromatic N) is 2. The molecule has 1 aromatic heterocycles. The van der Waals surface area contributed by atoms with Crippen LogP contribution in [0.5, 0.6) is 5.75 Å². The predicted octanol–water partition coefficient (Wildman–Crippen LogP) is 2.23. The lowest BCUT2D eigenvalue weighted by molar-refractivity contribution is -0.141. The van der Waals surface area contributed by atoms with Gasteiger partial charge in [-0.15, -0.1) is 0 Å². The van der Waals surface area contributed by atoms with Crippen LogP contribution in [0.1, 0.15) is 22.8 Å². The highest BCUT2D eigenvalue weighted by molar-refractivity contribution is 5.97. The van der Waals surface area contributed by atoms with Crippen LogP contribution in [0, 0.1) is 0 Å². The minimum absolute atomic E-state index is 0.361. The van der Waals surface area contributed by atoms with E-state index in [9.17, 15) is 9.59 Å². The summed E-state index contributed by atoms with van der Waals surface area (Å²) >= 11 is 0. The molecule has 0 bridgehead atoms. The summed E-state index contributed by atoms with van der Waals surface area (Å²) in [6, 6.07) is 6.72. The number of rotatable bonds is 4. The zero-order chi connectivity index (χ0) is 17.3. The van der Waals surface area contributed by atoms with Crippen molar-refractivity contribution in [2.75, 3.05) is 13.7 Å². The first kappa shape index (κ1) is 16.0. The molecule has 6 heteroatoms. The van der Waals surface area contributed by atoms with Gasteiger partial charge in [-0.25, -0.2) is 4.79 Å². The lowest BCUT2D eigenvalue weighted by Crippen LogP contribution is -2.40. The Bertz CT molecular complexity index is 803. The van der Waals surface area contributed by atoms with Crippen LogP contribution in [0.2, 0.25) is 0 Å². The fourth-order valence-corrected chi connectivity index (χ4v) is 2.63. The molecule has 1 N–H and O–H groups in total. The highest BCUT2D eigenvalue weighted by atomic mass is 16.5. The third kappa shape index (κ3) is 2.95. The Labute approximate surface area is 139 Å². The van der Waals surface area contributed by atoms with Gasteiger partial charge >= 0.3 is 5.97 Å². The van der Waals surface area contributed by atoms with Crippen molar-refractivity contribution in [2.45, 2.75) is 19.4 Å². The van der Waals surface area contributed by atoms with Crippen molar-refractivity contribution < 1.29 is 19.4 Å². The van der Waals surface area contributed by atoms with Crippen molar-refractivity contribution in [1.82, 2.24) is 9.88 Å². The van der Waals surface area contributed by atoms with Crippen LogP contribution in [-0.4, -0.2) is 46.6 Å². The summed E-state index contributed by atoms with van der Waals surface area (Å²) in [6.07, 6.45) is 4.01. The monoisotopic (exact) mass is 326 g/mol. The molecule has 1 aliphatic heterocycles. The third-order valence-corrected chi connectivity index (χ3v) is 4.27. The van der Waals surface area contributed by atoms with Crippen molar-refractivity contribution in [3.8, 4) is 16.9 Å². The summed E-state index contributed by atoms with van der Waals surface area (Å²) in [6.45, 7) is 2.16. The van der Waals surface area contributed by atoms with E-state index in [2.05, 4.69) is 4.98 Å². The number of pyridine rings is 1. The summed E-state index contributed by atoms with van der Waals surface area (Å²) in [5.74, 6) is -0.522. The standard InChI is InChI=1S/C18H18N2O4/c1-11(18(22)23)20(2)17(21)15-8-14(9-19-10-15)12-3-4-16-13(7-12)5-6-24-16/h3-4,7-11H,5-6H2,1-2H3,(H,22,23). The number of aromatic nitrogens is 1. The predicted molar refractivity (Wildman–Crippen MR) is 88.1 cm³/mol. The Morgan fingerprint density at radius 2 is 2.04 bits per heavy atom. The molecule has 24 heavy (non-hydrogen) atoms. The normalized spacial score (nSPS) is 13.8. The Morgan fingerprint density at radius 1 is 1.25 bits per heavy atom. The molecule has 3 rings (SSSR count). The largest absolute Gasteiger partial charge is 0.493 e. The van der Waals surface area contributed by atoms with Crippen LogP contribution >= 0.6 is 0 Å². The number of carboxylic acids is 1. The number of likely N-dealkylation sites (N-methyl/N-ethyl adjacent to an activating group) is 1. The molecule has 0 fully saturated rings. The van der Waals surface area contributed by atoms with Crippen LogP contribution in [0.3, 0.4) is 0 Å². The van der Waals surface area contributed by atoms with Gasteiger partial charge in [-0.2, -0.15) is 0 Å². The summed E-state index contributed by atoms with van der Waals surface area (Å²) in [7, 11) is 1.47. The van der Waals surface area contributed by atoms with E-state index < -0.39 is 12.0 Å². The molecule has 1 aromatic carbocycles. The zero-order valence-corrected chi connectivity index (χ0v) is 13.5. The number of aliphatic carboxylic acids is 1. The van der Waals surface area contributed by atoms with Gasteiger partial charge in [-0.05, 0) is 36.2 Å². The Hall–Kier alpha value is -2.89. The van der Waals surface area contributed by atoms with Crippen LogP contribution in [0.15, 0.2) is 36.7 Å². The smallest absolute Gasteiger partial charge is 0.326 e. The average Bonchev–Trinajstić information content (AvgIpc) is 3.07. The van der Waals surface area contributed by atoms with E-state index in [0.717, 1.165) is 28.9 Å². The molecule has 0 aliphatic carbocycles. The molecule has 6 nitrogen and oxygen atoms in total. The van der Waals surface area contributed by atoms with E-state index in [0.29, 0.717) is 12.2 Å². The minimum atomic E-state index is -1.05. The van der Waals surface area contributed by atoms with Gasteiger partial charge in [0, 0.05) is 31.4 Å². The SMILES string of the molecule is CC(C(=O)O)N(C)C(=O)c1cncc(-c2ccc3c(c2)CCO3)c1. The van der Waals surface area contributed by atoms with Crippen LogP contribution in [0.4, 0.5) is 0 Å². The van der Waals surface area contributed by atoms with E-state index in [1.54, 1.807) is 12.3 Å². The van der Waals surface area contributed by atoms with Crippen LogP contribution in [0.25, 0.3) is 11.1 Å². The summed E-state index contributed by atoms with van der Waals surface area (Å²) in [4.78, 5) is 28.8. The van der Waals surface area contributed by atoms with Crippen LogP contribution < -0.4 is 4.74 Å². The van der Waals surface area contributed by atoms with Gasteiger partial charge in [0.2, 0.25) is 0 Å². The molecular weight excluding hydrogens is 308 g/mol. The maximum Gasteiger partial charge on any atom is 0.326 e. The average molecular weight is 326 g/mol. The molecule has 0 radical (unpaired) electrons. The molecule has 1 aliphatic rings. The number of carboxylic acid groups (broad SMARTS) is 1. The fourth-order valence-electron chi connectivity index (χ4n) is 2.63. The lowest BCUT2D eigenvalue weighted by Gasteiger charge is -2.21. The van der Waals surface area contributed by atoms with E-state index in [1.807, 2.05) is 18.2 Å². The van der Waals surface area contributed by atoms with E-state index in [4.69, 9.17) is 9.84 Å². The number of carbonyl (C=O) groups is 2. The topological polar surface area (TPSA) is 79.7 Å². The molecule has 2 heterocycles. The number of hydrogen-bond donors (Lipinski definition) is 1. The first-order valence-corrected chi connectivity index (χ1v) is 7.68. The number of hydrogen-bond acceptors (Lipinski definition) is 4. The molecule has 2 aromatic rings. The van der Waals surface area contributed by atoms with Crippen molar-refractivity contribution >= 4 is 11.9 Å². The number of fused-ring (bicyclic) bond motifs is 1. The number of benzene rings is 1. The minimum Gasteiger partial charge on any atom is -0.493 e.